The molecule has 0 unspecified atom stereocenters. The number of aromatic nitrogens is 1. The van der Waals surface area contributed by atoms with Crippen LogP contribution in [0.3, 0.4) is 0 Å². The van der Waals surface area contributed by atoms with Crippen molar-refractivity contribution in [3.05, 3.63) is 41.3 Å². The molecule has 3 nitrogen and oxygen atoms in total. The highest BCUT2D eigenvalue weighted by Crippen LogP contribution is 2.21. The minimum Gasteiger partial charge on any atom is -0.478 e. The second kappa shape index (κ2) is 3.81. The summed E-state index contributed by atoms with van der Waals surface area (Å²) in [6.07, 6.45) is 3.22. The van der Waals surface area contributed by atoms with E-state index in [1.165, 1.54) is 19.1 Å². The molecule has 2 rings (SSSR count). The maximum atomic E-state index is 12.9. The van der Waals surface area contributed by atoms with Gasteiger partial charge in [0.2, 0.25) is 0 Å². The fourth-order valence-electron chi connectivity index (χ4n) is 1.54. The third-order valence-electron chi connectivity index (χ3n) is 2.39. The summed E-state index contributed by atoms with van der Waals surface area (Å²) in [5, 5.41) is 9.57. The normalized spacial score (nSPS) is 12.0. The second-order valence-electron chi connectivity index (χ2n) is 3.57. The molecule has 0 spiro atoms. The van der Waals surface area contributed by atoms with Crippen molar-refractivity contribution in [2.75, 3.05) is 0 Å². The summed E-state index contributed by atoms with van der Waals surface area (Å²) < 4.78 is 12.9. The number of hydrogen-bond donors (Lipinski definition) is 2. The van der Waals surface area contributed by atoms with E-state index < -0.39 is 5.97 Å². The van der Waals surface area contributed by atoms with Crippen molar-refractivity contribution in [1.29, 1.82) is 0 Å². The molecule has 1 aromatic heterocycles. The van der Waals surface area contributed by atoms with Gasteiger partial charge in [-0.05, 0) is 31.2 Å². The highest BCUT2D eigenvalue weighted by atomic mass is 19.1. The van der Waals surface area contributed by atoms with Crippen LogP contribution in [0.2, 0.25) is 0 Å². The number of aromatic amines is 1. The Morgan fingerprint density at radius 2 is 2.25 bits per heavy atom. The molecule has 0 bridgehead atoms. The molecule has 4 heteroatoms. The Bertz CT molecular complexity index is 584. The standard InChI is InChI=1S/C12H10FNO2/c1-7(12(15)16)4-8-6-14-11-5-9(13)2-3-10(8)11/h2-6,14H,1H3,(H,15,16)/b7-4+. The maximum Gasteiger partial charge on any atom is 0.331 e. The summed E-state index contributed by atoms with van der Waals surface area (Å²) >= 11 is 0. The first-order chi connectivity index (χ1) is 7.58. The number of carboxylic acid groups (broad SMARTS) is 1. The molecular formula is C12H10FNO2. The summed E-state index contributed by atoms with van der Waals surface area (Å²) in [6, 6.07) is 4.36. The van der Waals surface area contributed by atoms with Gasteiger partial charge in [0.1, 0.15) is 5.82 Å². The zero-order chi connectivity index (χ0) is 11.7. The number of carboxylic acids is 1. The molecule has 2 N–H and O–H groups in total. The van der Waals surface area contributed by atoms with Gasteiger partial charge in [-0.1, -0.05) is 0 Å². The fraction of sp³-hybridized carbons (Fsp3) is 0.0833. The smallest absolute Gasteiger partial charge is 0.331 e. The van der Waals surface area contributed by atoms with Gasteiger partial charge in [0.15, 0.2) is 0 Å². The lowest BCUT2D eigenvalue weighted by Crippen LogP contribution is -1.94. The van der Waals surface area contributed by atoms with E-state index in [4.69, 9.17) is 5.11 Å². The second-order valence-corrected chi connectivity index (χ2v) is 3.57. The summed E-state index contributed by atoms with van der Waals surface area (Å²) in [7, 11) is 0. The third kappa shape index (κ3) is 1.82. The molecule has 1 heterocycles. The van der Waals surface area contributed by atoms with Gasteiger partial charge >= 0.3 is 5.97 Å². The topological polar surface area (TPSA) is 53.1 Å². The van der Waals surface area contributed by atoms with Crippen molar-refractivity contribution in [2.24, 2.45) is 0 Å². The number of hydrogen-bond acceptors (Lipinski definition) is 1. The van der Waals surface area contributed by atoms with Crippen molar-refractivity contribution in [1.82, 2.24) is 4.98 Å². The van der Waals surface area contributed by atoms with Gasteiger partial charge in [-0.15, -0.1) is 0 Å². The van der Waals surface area contributed by atoms with E-state index in [2.05, 4.69) is 4.98 Å². The molecule has 2 aromatic rings. The van der Waals surface area contributed by atoms with E-state index in [9.17, 15) is 9.18 Å². The first kappa shape index (κ1) is 10.4. The molecule has 0 aliphatic heterocycles. The Labute approximate surface area is 91.2 Å². The van der Waals surface area contributed by atoms with Crippen molar-refractivity contribution >= 4 is 22.9 Å². The summed E-state index contributed by atoms with van der Waals surface area (Å²) in [4.78, 5) is 13.6. The van der Waals surface area contributed by atoms with E-state index in [0.29, 0.717) is 5.52 Å². The highest BCUT2D eigenvalue weighted by Gasteiger charge is 2.05. The largest absolute Gasteiger partial charge is 0.478 e. The Balaban J connectivity index is 2.55. The number of carbonyl (C=O) groups is 1. The zero-order valence-electron chi connectivity index (χ0n) is 8.62. The van der Waals surface area contributed by atoms with Crippen molar-refractivity contribution in [3.8, 4) is 0 Å². The van der Waals surface area contributed by atoms with Crippen molar-refractivity contribution in [2.45, 2.75) is 6.92 Å². The van der Waals surface area contributed by atoms with Crippen LogP contribution in [0.5, 0.6) is 0 Å². The maximum absolute atomic E-state index is 12.9. The predicted molar refractivity (Wildman–Crippen MR) is 59.5 cm³/mol. The molecule has 16 heavy (non-hydrogen) atoms. The molecule has 0 fully saturated rings. The van der Waals surface area contributed by atoms with Crippen molar-refractivity contribution in [3.63, 3.8) is 0 Å². The van der Waals surface area contributed by atoms with Crippen LogP contribution < -0.4 is 0 Å². The van der Waals surface area contributed by atoms with Gasteiger partial charge in [0, 0.05) is 28.2 Å². The van der Waals surface area contributed by atoms with Gasteiger partial charge < -0.3 is 10.1 Å². The first-order valence-corrected chi connectivity index (χ1v) is 4.76. The Kier molecular flexibility index (Phi) is 2.48. The molecule has 0 saturated heterocycles. The molecule has 0 aliphatic carbocycles. The Morgan fingerprint density at radius 3 is 2.94 bits per heavy atom. The average Bonchev–Trinajstić information content (AvgIpc) is 2.60. The molecule has 0 aliphatic rings. The summed E-state index contributed by atoms with van der Waals surface area (Å²) in [5.41, 5.74) is 1.64. The SMILES string of the molecule is C/C(=C\c1c[nH]c2cc(F)ccc12)C(=O)O. The highest BCUT2D eigenvalue weighted by molar-refractivity contribution is 5.96. The first-order valence-electron chi connectivity index (χ1n) is 4.76. The average molecular weight is 219 g/mol. The van der Waals surface area contributed by atoms with E-state index >= 15 is 0 Å². The van der Waals surface area contributed by atoms with E-state index in [1.54, 1.807) is 18.3 Å². The van der Waals surface area contributed by atoms with Crippen molar-refractivity contribution < 1.29 is 14.3 Å². The van der Waals surface area contributed by atoms with Crippen LogP contribution in [0.15, 0.2) is 30.0 Å². The van der Waals surface area contributed by atoms with Crippen LogP contribution in [-0.4, -0.2) is 16.1 Å². The zero-order valence-corrected chi connectivity index (χ0v) is 8.62. The van der Waals surface area contributed by atoms with Gasteiger partial charge in [0.25, 0.3) is 0 Å². The molecule has 0 atom stereocenters. The number of rotatable bonds is 2. The van der Waals surface area contributed by atoms with Crippen LogP contribution in [-0.2, 0) is 4.79 Å². The molecule has 1 aromatic carbocycles. The van der Waals surface area contributed by atoms with Crippen LogP contribution in [0, 0.1) is 5.82 Å². The molecule has 0 saturated carbocycles. The van der Waals surface area contributed by atoms with E-state index in [1.807, 2.05) is 0 Å². The molecule has 0 radical (unpaired) electrons. The lowest BCUT2D eigenvalue weighted by Gasteiger charge is -1.94. The van der Waals surface area contributed by atoms with Gasteiger partial charge in [0.05, 0.1) is 0 Å². The number of nitrogens with one attached hydrogen (secondary N) is 1. The molecule has 0 amide bonds. The van der Waals surface area contributed by atoms with Gasteiger partial charge in [-0.3, -0.25) is 0 Å². The molecule has 82 valence electrons. The lowest BCUT2D eigenvalue weighted by atomic mass is 10.1. The Hall–Kier alpha value is -2.10. The summed E-state index contributed by atoms with van der Waals surface area (Å²) in [5.74, 6) is -1.28. The quantitative estimate of drug-likeness (QED) is 0.763. The number of benzene rings is 1. The van der Waals surface area contributed by atoms with Crippen LogP contribution in [0.4, 0.5) is 4.39 Å². The monoisotopic (exact) mass is 219 g/mol. The number of fused-ring (bicyclic) bond motifs is 1. The third-order valence-corrected chi connectivity index (χ3v) is 2.39. The lowest BCUT2D eigenvalue weighted by molar-refractivity contribution is -0.132. The Morgan fingerprint density at radius 1 is 1.50 bits per heavy atom. The van der Waals surface area contributed by atoms with Crippen LogP contribution >= 0.6 is 0 Å². The van der Waals surface area contributed by atoms with Crippen LogP contribution in [0.25, 0.3) is 17.0 Å². The van der Waals surface area contributed by atoms with E-state index in [-0.39, 0.29) is 11.4 Å². The minimum atomic E-state index is -0.962. The van der Waals surface area contributed by atoms with E-state index in [0.717, 1.165) is 10.9 Å². The molecular weight excluding hydrogens is 209 g/mol. The van der Waals surface area contributed by atoms with Gasteiger partial charge in [-0.2, -0.15) is 0 Å². The number of halogens is 1. The van der Waals surface area contributed by atoms with Crippen LogP contribution in [0.1, 0.15) is 12.5 Å². The number of H-pyrrole nitrogens is 1. The number of aliphatic carboxylic acids is 1. The predicted octanol–water partition coefficient (Wildman–Crippen LogP) is 2.79. The van der Waals surface area contributed by atoms with Gasteiger partial charge in [-0.25, -0.2) is 9.18 Å². The summed E-state index contributed by atoms with van der Waals surface area (Å²) in [6.45, 7) is 1.52. The fourth-order valence-corrected chi connectivity index (χ4v) is 1.54. The minimum absolute atomic E-state index is 0.241.